The van der Waals surface area contributed by atoms with E-state index in [0.717, 1.165) is 29.9 Å². The predicted octanol–water partition coefficient (Wildman–Crippen LogP) is 1.77. The van der Waals surface area contributed by atoms with Crippen molar-refractivity contribution >= 4 is 15.9 Å². The van der Waals surface area contributed by atoms with Gasteiger partial charge in [-0.3, -0.25) is 0 Å². The number of nitrogens with one attached hydrogen (secondary N) is 2. The molecule has 0 radical (unpaired) electrons. The molecule has 1 aromatic carbocycles. The number of methoxy groups -OCH3 is 1. The molecule has 15 heavy (non-hydrogen) atoms. The molecule has 0 spiro atoms. The predicted molar refractivity (Wildman–Crippen MR) is 66.3 cm³/mol. The normalized spacial score (nSPS) is 10.3. The van der Waals surface area contributed by atoms with E-state index in [4.69, 9.17) is 4.74 Å². The zero-order valence-corrected chi connectivity index (χ0v) is 10.7. The van der Waals surface area contributed by atoms with Crippen molar-refractivity contribution in [2.45, 2.75) is 6.42 Å². The van der Waals surface area contributed by atoms with Gasteiger partial charge in [0.15, 0.2) is 0 Å². The first-order valence-electron chi connectivity index (χ1n) is 4.95. The van der Waals surface area contributed by atoms with Gasteiger partial charge in [-0.05, 0) is 47.1 Å². The Hall–Kier alpha value is -0.580. The zero-order valence-electron chi connectivity index (χ0n) is 9.14. The lowest BCUT2D eigenvalue weighted by Crippen LogP contribution is -2.27. The molecule has 0 saturated carbocycles. The minimum absolute atomic E-state index is 0.845. The third-order valence-corrected chi connectivity index (χ3v) is 2.73. The number of hydrogen-bond acceptors (Lipinski definition) is 3. The highest BCUT2D eigenvalue weighted by atomic mass is 79.9. The first-order valence-corrected chi connectivity index (χ1v) is 5.75. The second-order valence-corrected chi connectivity index (χ2v) is 4.10. The van der Waals surface area contributed by atoms with Gasteiger partial charge in [0, 0.05) is 13.2 Å². The van der Waals surface area contributed by atoms with Crippen LogP contribution in [0.5, 0.6) is 5.75 Å². The lowest BCUT2D eigenvalue weighted by molar-refractivity contribution is 0.412. The van der Waals surface area contributed by atoms with Crippen LogP contribution in [0.1, 0.15) is 5.56 Å². The Labute approximate surface area is 99.3 Å². The van der Waals surface area contributed by atoms with E-state index < -0.39 is 0 Å². The highest BCUT2D eigenvalue weighted by Gasteiger charge is 2.00. The van der Waals surface area contributed by atoms with E-state index in [1.165, 1.54) is 5.56 Å². The molecule has 0 atom stereocenters. The number of ether oxygens (including phenoxy) is 1. The molecule has 0 aromatic heterocycles. The molecule has 84 valence electrons. The summed E-state index contributed by atoms with van der Waals surface area (Å²) in [5.74, 6) is 0.877. The summed E-state index contributed by atoms with van der Waals surface area (Å²) in [6, 6.07) is 6.17. The van der Waals surface area contributed by atoms with Crippen molar-refractivity contribution in [3.8, 4) is 5.75 Å². The summed E-state index contributed by atoms with van der Waals surface area (Å²) < 4.78 is 6.18. The summed E-state index contributed by atoms with van der Waals surface area (Å²) >= 11 is 3.47. The molecule has 0 aliphatic carbocycles. The molecule has 4 heteroatoms. The molecule has 0 saturated heterocycles. The monoisotopic (exact) mass is 272 g/mol. The van der Waals surface area contributed by atoms with Gasteiger partial charge in [0.2, 0.25) is 0 Å². The topological polar surface area (TPSA) is 33.3 Å². The van der Waals surface area contributed by atoms with Gasteiger partial charge >= 0.3 is 0 Å². The Bertz CT molecular complexity index is 305. The second kappa shape index (κ2) is 6.82. The molecular weight excluding hydrogens is 256 g/mol. The van der Waals surface area contributed by atoms with Gasteiger partial charge in [-0.1, -0.05) is 6.07 Å². The smallest absolute Gasteiger partial charge is 0.133 e. The quantitative estimate of drug-likeness (QED) is 0.612. The van der Waals surface area contributed by atoms with Crippen LogP contribution in [0.25, 0.3) is 0 Å². The van der Waals surface area contributed by atoms with Crippen molar-refractivity contribution < 1.29 is 4.74 Å². The van der Waals surface area contributed by atoms with E-state index >= 15 is 0 Å². The van der Waals surface area contributed by atoms with Crippen molar-refractivity contribution in [3.05, 3.63) is 28.2 Å². The van der Waals surface area contributed by atoms with Crippen LogP contribution >= 0.6 is 15.9 Å². The van der Waals surface area contributed by atoms with Gasteiger partial charge < -0.3 is 15.4 Å². The molecule has 1 rings (SSSR count). The summed E-state index contributed by atoms with van der Waals surface area (Å²) in [7, 11) is 3.60. The first-order chi connectivity index (χ1) is 7.27. The highest BCUT2D eigenvalue weighted by molar-refractivity contribution is 9.10. The van der Waals surface area contributed by atoms with Crippen molar-refractivity contribution in [1.82, 2.24) is 10.6 Å². The third-order valence-electron chi connectivity index (χ3n) is 2.11. The maximum absolute atomic E-state index is 5.17. The largest absolute Gasteiger partial charge is 0.496 e. The Morgan fingerprint density at radius 3 is 2.80 bits per heavy atom. The van der Waals surface area contributed by atoms with E-state index in [2.05, 4.69) is 38.7 Å². The van der Waals surface area contributed by atoms with Crippen LogP contribution < -0.4 is 15.4 Å². The molecule has 0 bridgehead atoms. The van der Waals surface area contributed by atoms with Crippen LogP contribution in [0.2, 0.25) is 0 Å². The zero-order chi connectivity index (χ0) is 11.1. The molecule has 2 N–H and O–H groups in total. The van der Waals surface area contributed by atoms with E-state index in [0.29, 0.717) is 0 Å². The standard InChI is InChI=1S/C11H17BrN2O/c1-13-8-14-6-5-9-3-4-11(15-2)10(12)7-9/h3-4,7,13-14H,5-6,8H2,1-2H3. The molecule has 0 aliphatic rings. The first kappa shape index (κ1) is 12.5. The average Bonchev–Trinajstić information content (AvgIpc) is 2.25. The fourth-order valence-electron chi connectivity index (χ4n) is 1.31. The van der Waals surface area contributed by atoms with Crippen LogP contribution in [-0.4, -0.2) is 27.4 Å². The van der Waals surface area contributed by atoms with Gasteiger partial charge in [0.25, 0.3) is 0 Å². The number of hydrogen-bond donors (Lipinski definition) is 2. The second-order valence-electron chi connectivity index (χ2n) is 3.25. The molecule has 0 aliphatic heterocycles. The summed E-state index contributed by atoms with van der Waals surface area (Å²) in [5.41, 5.74) is 1.30. The molecule has 0 amide bonds. The van der Waals surface area contributed by atoms with Gasteiger partial charge in [-0.15, -0.1) is 0 Å². The number of benzene rings is 1. The fourth-order valence-corrected chi connectivity index (χ4v) is 1.90. The Balaban J connectivity index is 2.45. The van der Waals surface area contributed by atoms with Crippen molar-refractivity contribution in [2.75, 3.05) is 27.4 Å². The fraction of sp³-hybridized carbons (Fsp3) is 0.455. The highest BCUT2D eigenvalue weighted by Crippen LogP contribution is 2.25. The van der Waals surface area contributed by atoms with E-state index in [9.17, 15) is 0 Å². The van der Waals surface area contributed by atoms with Crippen molar-refractivity contribution in [2.24, 2.45) is 0 Å². The Morgan fingerprint density at radius 1 is 1.40 bits per heavy atom. The summed E-state index contributed by atoms with van der Waals surface area (Å²) in [4.78, 5) is 0. The maximum Gasteiger partial charge on any atom is 0.133 e. The van der Waals surface area contributed by atoms with Crippen LogP contribution in [0, 0.1) is 0 Å². The van der Waals surface area contributed by atoms with Gasteiger partial charge in [-0.2, -0.15) is 0 Å². The molecule has 1 aromatic rings. The van der Waals surface area contributed by atoms with E-state index in [1.54, 1.807) is 7.11 Å². The lowest BCUT2D eigenvalue weighted by atomic mass is 10.1. The van der Waals surface area contributed by atoms with Gasteiger partial charge in [-0.25, -0.2) is 0 Å². The van der Waals surface area contributed by atoms with Gasteiger partial charge in [0.05, 0.1) is 11.6 Å². The summed E-state index contributed by atoms with van der Waals surface area (Å²) in [6.45, 7) is 1.82. The van der Waals surface area contributed by atoms with Crippen molar-refractivity contribution in [3.63, 3.8) is 0 Å². The third kappa shape index (κ3) is 4.20. The SMILES string of the molecule is CNCNCCc1ccc(OC)c(Br)c1. The minimum atomic E-state index is 0.845. The van der Waals surface area contributed by atoms with Crippen LogP contribution in [0.15, 0.2) is 22.7 Å². The van der Waals surface area contributed by atoms with Crippen LogP contribution in [-0.2, 0) is 6.42 Å². The van der Waals surface area contributed by atoms with Gasteiger partial charge in [0.1, 0.15) is 5.75 Å². The number of rotatable bonds is 6. The van der Waals surface area contributed by atoms with E-state index in [-0.39, 0.29) is 0 Å². The van der Waals surface area contributed by atoms with E-state index in [1.807, 2.05) is 13.1 Å². The lowest BCUT2D eigenvalue weighted by Gasteiger charge is -2.07. The summed E-state index contributed by atoms with van der Waals surface area (Å²) in [5, 5.41) is 6.32. The van der Waals surface area contributed by atoms with Crippen molar-refractivity contribution in [1.29, 1.82) is 0 Å². The summed E-state index contributed by atoms with van der Waals surface area (Å²) in [6.07, 6.45) is 1.02. The minimum Gasteiger partial charge on any atom is -0.496 e. The molecular formula is C11H17BrN2O. The molecule has 0 heterocycles. The molecule has 0 fully saturated rings. The molecule has 3 nitrogen and oxygen atoms in total. The Kier molecular flexibility index (Phi) is 5.68. The maximum atomic E-state index is 5.17. The Morgan fingerprint density at radius 2 is 2.20 bits per heavy atom. The number of halogens is 1. The van der Waals surface area contributed by atoms with Crippen LogP contribution in [0.3, 0.4) is 0 Å². The molecule has 0 unspecified atom stereocenters. The average molecular weight is 273 g/mol. The van der Waals surface area contributed by atoms with Crippen LogP contribution in [0.4, 0.5) is 0 Å².